The van der Waals surface area contributed by atoms with Crippen LogP contribution in [-0.4, -0.2) is 41.8 Å². The van der Waals surface area contributed by atoms with Crippen LogP contribution in [0.5, 0.6) is 0 Å². The van der Waals surface area contributed by atoms with Crippen molar-refractivity contribution in [2.75, 3.05) is 11.4 Å². The minimum atomic E-state index is -4.45. The Bertz CT molecular complexity index is 1950. The Morgan fingerprint density at radius 1 is 0.961 bits per heavy atom. The lowest BCUT2D eigenvalue weighted by molar-refractivity contribution is -0.137. The maximum atomic E-state index is 14.2. The molecule has 1 aromatic heterocycles. The molecule has 0 amide bonds. The number of aromatic nitrogens is 1. The van der Waals surface area contributed by atoms with Gasteiger partial charge in [0.15, 0.2) is 5.78 Å². The first-order chi connectivity index (χ1) is 23.9. The van der Waals surface area contributed by atoms with Gasteiger partial charge in [-0.25, -0.2) is 8.42 Å². The van der Waals surface area contributed by atoms with Crippen LogP contribution in [0.25, 0.3) is 10.9 Å². The minimum absolute atomic E-state index is 0.0192. The van der Waals surface area contributed by atoms with E-state index in [4.69, 9.17) is 0 Å². The number of aliphatic hydroxyl groups is 1. The smallest absolute Gasteiger partial charge is 0.393 e. The van der Waals surface area contributed by atoms with Crippen molar-refractivity contribution in [3.63, 3.8) is 0 Å². The van der Waals surface area contributed by atoms with E-state index in [1.54, 1.807) is 26.0 Å². The summed E-state index contributed by atoms with van der Waals surface area (Å²) in [5, 5.41) is 12.6. The number of hydrogen-bond donors (Lipinski definition) is 1. The number of ketones is 1. The molecule has 51 heavy (non-hydrogen) atoms. The molecule has 3 aromatic carbocycles. The van der Waals surface area contributed by atoms with Crippen molar-refractivity contribution in [2.45, 2.75) is 109 Å². The van der Waals surface area contributed by atoms with E-state index in [9.17, 15) is 31.5 Å². The number of benzene rings is 3. The molecule has 0 radical (unpaired) electrons. The van der Waals surface area contributed by atoms with Gasteiger partial charge in [0, 0.05) is 37.2 Å². The normalized spacial score (nSPS) is 17.4. The first kappa shape index (κ1) is 38.6. The van der Waals surface area contributed by atoms with Crippen LogP contribution in [0.2, 0.25) is 0 Å². The number of aliphatic hydroxyl groups excluding tert-OH is 1. The largest absolute Gasteiger partial charge is 0.416 e. The number of carbonyl (C=O) groups excluding carboxylic acids is 1. The number of anilines is 1. The van der Waals surface area contributed by atoms with Crippen LogP contribution in [0.15, 0.2) is 72.9 Å². The highest BCUT2D eigenvalue weighted by Gasteiger charge is 2.42. The Morgan fingerprint density at radius 2 is 1.65 bits per heavy atom. The molecule has 4 aromatic rings. The van der Waals surface area contributed by atoms with E-state index < -0.39 is 38.5 Å². The summed E-state index contributed by atoms with van der Waals surface area (Å²) in [6.07, 6.45) is 0.0902. The van der Waals surface area contributed by atoms with Crippen LogP contribution in [0.4, 0.5) is 18.9 Å². The second kappa shape index (κ2) is 15.2. The highest BCUT2D eigenvalue weighted by molar-refractivity contribution is 7.94. The molecule has 2 heterocycles. The molecule has 0 saturated carbocycles. The molecule has 5 rings (SSSR count). The fourth-order valence-corrected chi connectivity index (χ4v) is 8.93. The second-order valence-corrected chi connectivity index (χ2v) is 17.9. The zero-order valence-electron chi connectivity index (χ0n) is 30.5. The molecule has 0 aliphatic carbocycles. The Hall–Kier alpha value is -3.63. The minimum Gasteiger partial charge on any atom is -0.393 e. The van der Waals surface area contributed by atoms with Crippen LogP contribution < -0.4 is 4.31 Å². The summed E-state index contributed by atoms with van der Waals surface area (Å²) >= 11 is 0. The molecule has 0 saturated heterocycles. The lowest BCUT2D eigenvalue weighted by Crippen LogP contribution is -2.44. The fraction of sp³-hybridized carbons (Fsp3) is 0.488. The van der Waals surface area contributed by atoms with Gasteiger partial charge < -0.3 is 9.67 Å². The SMILES string of the molecule is CCc1cn2c3c(cc(C(=O)C[C@@H](Cc4ccccc4)[C@H](O)CC[C@H](CCC(C)C)c4cccc(C(F)(F)F)c4)cc13)N(C)S(=O)(=O)C(C)(C)C2. The van der Waals surface area contributed by atoms with Gasteiger partial charge in [-0.2, -0.15) is 13.2 Å². The van der Waals surface area contributed by atoms with Crippen LogP contribution in [0, 0.1) is 11.8 Å². The molecule has 1 aliphatic heterocycles. The van der Waals surface area contributed by atoms with E-state index >= 15 is 0 Å². The Morgan fingerprint density at radius 3 is 2.29 bits per heavy atom. The average Bonchev–Trinajstić information content (AvgIpc) is 3.41. The van der Waals surface area contributed by atoms with Crippen LogP contribution in [0.1, 0.15) is 105 Å². The molecule has 1 aliphatic rings. The molecule has 3 atom stereocenters. The van der Waals surface area contributed by atoms with Crippen molar-refractivity contribution in [3.8, 4) is 0 Å². The predicted molar refractivity (Wildman–Crippen MR) is 199 cm³/mol. The summed E-state index contributed by atoms with van der Waals surface area (Å²) in [4.78, 5) is 14.2. The van der Waals surface area contributed by atoms with Gasteiger partial charge in [-0.3, -0.25) is 9.10 Å². The standard InChI is InChI=1S/C41H51F3N2O4S/c1-7-29-25-46-26-40(4,5)51(49,50)45(6)36-23-33(22-35(29)39(36)46)38(48)24-32(20-28-12-9-8-10-13-28)37(47)19-18-30(17-16-27(2)3)31-14-11-15-34(21-31)41(42,43)44/h8-15,21-23,25,27,30,32,37,47H,7,16-20,24,26H2,1-6H3/t30-,32+,37+/m0/s1. The highest BCUT2D eigenvalue weighted by atomic mass is 32.2. The zero-order valence-corrected chi connectivity index (χ0v) is 31.3. The molecule has 0 bridgehead atoms. The van der Waals surface area contributed by atoms with Gasteiger partial charge in [0.25, 0.3) is 0 Å². The summed E-state index contributed by atoms with van der Waals surface area (Å²) in [6.45, 7) is 9.90. The number of hydrogen-bond acceptors (Lipinski definition) is 4. The maximum Gasteiger partial charge on any atom is 0.416 e. The topological polar surface area (TPSA) is 79.6 Å². The van der Waals surface area contributed by atoms with Gasteiger partial charge in [0.1, 0.15) is 4.75 Å². The van der Waals surface area contributed by atoms with E-state index in [0.717, 1.165) is 34.5 Å². The first-order valence-corrected chi connectivity index (χ1v) is 19.4. The molecular formula is C41H51F3N2O4S. The Labute approximate surface area is 300 Å². The van der Waals surface area contributed by atoms with Crippen molar-refractivity contribution < 1.29 is 31.5 Å². The molecule has 1 N–H and O–H groups in total. The molecule has 0 unspecified atom stereocenters. The lowest BCUT2D eigenvalue weighted by Gasteiger charge is -2.29. The number of rotatable bonds is 14. The molecular weight excluding hydrogens is 674 g/mol. The first-order valence-electron chi connectivity index (χ1n) is 18.0. The Kier molecular flexibility index (Phi) is 11.5. The van der Waals surface area contributed by atoms with E-state index in [2.05, 4.69) is 13.8 Å². The van der Waals surface area contributed by atoms with E-state index in [0.29, 0.717) is 54.8 Å². The van der Waals surface area contributed by atoms with Gasteiger partial charge >= 0.3 is 6.18 Å². The third-order valence-electron chi connectivity index (χ3n) is 10.6. The van der Waals surface area contributed by atoms with Crippen molar-refractivity contribution in [2.24, 2.45) is 11.8 Å². The van der Waals surface area contributed by atoms with Gasteiger partial charge in [-0.1, -0.05) is 75.7 Å². The lowest BCUT2D eigenvalue weighted by atomic mass is 9.82. The van der Waals surface area contributed by atoms with Crippen LogP contribution in [0.3, 0.4) is 0 Å². The molecule has 6 nitrogen and oxygen atoms in total. The molecule has 276 valence electrons. The number of alkyl halides is 3. The molecule has 10 heteroatoms. The molecule has 0 fully saturated rings. The van der Waals surface area contributed by atoms with Crippen molar-refractivity contribution in [1.29, 1.82) is 0 Å². The van der Waals surface area contributed by atoms with Crippen molar-refractivity contribution in [3.05, 3.63) is 101 Å². The summed E-state index contributed by atoms with van der Waals surface area (Å²) in [7, 11) is -2.22. The van der Waals surface area contributed by atoms with Gasteiger partial charge in [0.2, 0.25) is 10.0 Å². The number of nitrogens with zero attached hydrogens (tertiary/aromatic N) is 2. The average molecular weight is 725 g/mol. The van der Waals surface area contributed by atoms with Crippen LogP contribution >= 0.6 is 0 Å². The maximum absolute atomic E-state index is 14.2. The monoisotopic (exact) mass is 724 g/mol. The number of sulfonamides is 1. The zero-order chi connectivity index (χ0) is 37.3. The van der Waals surface area contributed by atoms with Crippen molar-refractivity contribution in [1.82, 2.24) is 4.57 Å². The highest BCUT2D eigenvalue weighted by Crippen LogP contribution is 2.41. The van der Waals surface area contributed by atoms with E-state index in [-0.39, 0.29) is 24.7 Å². The number of carbonyl (C=O) groups is 1. The Balaban J connectivity index is 1.46. The van der Waals surface area contributed by atoms with Crippen molar-refractivity contribution >= 4 is 32.4 Å². The number of halogens is 3. The molecule has 0 spiro atoms. The fourth-order valence-electron chi connectivity index (χ4n) is 7.49. The summed E-state index contributed by atoms with van der Waals surface area (Å²) in [5.74, 6) is -0.497. The number of aryl methyl sites for hydroxylation is 1. The third-order valence-corrected chi connectivity index (χ3v) is 13.1. The quantitative estimate of drug-likeness (QED) is 0.131. The summed E-state index contributed by atoms with van der Waals surface area (Å²) < 4.78 is 70.5. The number of Topliss-reactive ketones (excluding diaryl/α,β-unsaturated/α-hetero) is 1. The van der Waals surface area contributed by atoms with E-state index in [1.165, 1.54) is 23.5 Å². The summed E-state index contributed by atoms with van der Waals surface area (Å²) in [5.41, 5.74) is 3.52. The van der Waals surface area contributed by atoms with E-state index in [1.807, 2.05) is 54.1 Å². The third kappa shape index (κ3) is 8.38. The summed E-state index contributed by atoms with van der Waals surface area (Å²) in [6, 6.07) is 18.6. The van der Waals surface area contributed by atoms with Crippen LogP contribution in [-0.2, 0) is 35.6 Å². The van der Waals surface area contributed by atoms with Gasteiger partial charge in [0.05, 0.1) is 22.9 Å². The predicted octanol–water partition coefficient (Wildman–Crippen LogP) is 9.57. The van der Waals surface area contributed by atoms with Gasteiger partial charge in [-0.05, 0) is 98.6 Å². The second-order valence-electron chi connectivity index (χ2n) is 15.3. The van der Waals surface area contributed by atoms with Gasteiger partial charge in [-0.15, -0.1) is 0 Å².